The van der Waals surface area contributed by atoms with Crippen LogP contribution in [0.25, 0.3) is 0 Å². The van der Waals surface area contributed by atoms with Crippen LogP contribution in [0.1, 0.15) is 50.7 Å². The van der Waals surface area contributed by atoms with Gasteiger partial charge in [-0.25, -0.2) is 4.79 Å². The zero-order valence-corrected chi connectivity index (χ0v) is 13.5. The van der Waals surface area contributed by atoms with Gasteiger partial charge in [0.25, 0.3) is 0 Å². The van der Waals surface area contributed by atoms with E-state index in [1.165, 1.54) is 0 Å². The lowest BCUT2D eigenvalue weighted by molar-refractivity contribution is -0.137. The van der Waals surface area contributed by atoms with Crippen LogP contribution in [0.3, 0.4) is 0 Å². The Kier molecular flexibility index (Phi) is 7.99. The molecule has 0 aliphatic carbocycles. The number of halogens is 1. The van der Waals surface area contributed by atoms with Crippen LogP contribution in [0.15, 0.2) is 18.2 Å². The summed E-state index contributed by atoms with van der Waals surface area (Å²) < 4.78 is 9.68. The van der Waals surface area contributed by atoms with Gasteiger partial charge >= 0.3 is 12.1 Å². The largest absolute Gasteiger partial charge is 0.521 e. The Morgan fingerprint density at radius 3 is 1.95 bits per heavy atom. The average Bonchev–Trinajstić information content (AvgIpc) is 2.37. The summed E-state index contributed by atoms with van der Waals surface area (Å²) in [6.07, 6.45) is -1.05. The predicted molar refractivity (Wildman–Crippen MR) is 83.0 cm³/mol. The van der Waals surface area contributed by atoms with E-state index in [0.717, 1.165) is 11.1 Å². The van der Waals surface area contributed by atoms with Crippen molar-refractivity contribution in [1.82, 2.24) is 0 Å². The molecule has 0 aromatic heterocycles. The molecule has 0 saturated heterocycles. The maximum atomic E-state index is 11.6. The molecule has 0 aliphatic rings. The fourth-order valence-corrected chi connectivity index (χ4v) is 1.84. The quantitative estimate of drug-likeness (QED) is 0.523. The van der Waals surface area contributed by atoms with Gasteiger partial charge in [0.05, 0.1) is 6.54 Å². The Balaban J connectivity index is 0.00000400. The molecule has 2 N–H and O–H groups in total. The summed E-state index contributed by atoms with van der Waals surface area (Å²) >= 11 is 0. The lowest BCUT2D eigenvalue weighted by atomic mass is 9.94. The van der Waals surface area contributed by atoms with Crippen molar-refractivity contribution < 1.29 is 19.1 Å². The molecular formula is C15H22ClNO4. The second-order valence-electron chi connectivity index (χ2n) is 5.11. The number of carbonyl (C=O) groups is 2. The summed E-state index contributed by atoms with van der Waals surface area (Å²) in [4.78, 5) is 22.6. The van der Waals surface area contributed by atoms with E-state index in [4.69, 9.17) is 10.5 Å². The Morgan fingerprint density at radius 2 is 1.57 bits per heavy atom. The summed E-state index contributed by atoms with van der Waals surface area (Å²) in [5.41, 5.74) is 6.88. The van der Waals surface area contributed by atoms with Gasteiger partial charge in [-0.05, 0) is 23.0 Å². The molecule has 0 heterocycles. The van der Waals surface area contributed by atoms with Crippen LogP contribution in [0.5, 0.6) is 5.75 Å². The minimum absolute atomic E-state index is 0. The monoisotopic (exact) mass is 315 g/mol. The SMILES string of the molecule is CC(C)c1cccc(C(C)C)c1OC(=O)OC(=O)CN.Cl. The summed E-state index contributed by atoms with van der Waals surface area (Å²) in [6.45, 7) is 7.65. The van der Waals surface area contributed by atoms with E-state index >= 15 is 0 Å². The minimum Gasteiger partial charge on any atom is -0.394 e. The molecule has 21 heavy (non-hydrogen) atoms. The Labute approximate surface area is 131 Å². The first-order valence-corrected chi connectivity index (χ1v) is 6.62. The number of benzene rings is 1. The van der Waals surface area contributed by atoms with E-state index in [0.29, 0.717) is 5.75 Å². The molecule has 118 valence electrons. The Hall–Kier alpha value is -1.59. The van der Waals surface area contributed by atoms with Gasteiger partial charge in [0.2, 0.25) is 0 Å². The van der Waals surface area contributed by atoms with Crippen molar-refractivity contribution in [2.24, 2.45) is 5.73 Å². The molecule has 0 spiro atoms. The lowest BCUT2D eigenvalue weighted by Gasteiger charge is -2.18. The van der Waals surface area contributed by atoms with Crippen molar-refractivity contribution in [2.75, 3.05) is 6.54 Å². The molecule has 0 radical (unpaired) electrons. The van der Waals surface area contributed by atoms with E-state index in [9.17, 15) is 9.59 Å². The maximum Gasteiger partial charge on any atom is 0.521 e. The zero-order valence-electron chi connectivity index (χ0n) is 12.7. The smallest absolute Gasteiger partial charge is 0.394 e. The molecular weight excluding hydrogens is 294 g/mol. The van der Waals surface area contributed by atoms with Crippen molar-refractivity contribution in [1.29, 1.82) is 0 Å². The van der Waals surface area contributed by atoms with Gasteiger partial charge < -0.3 is 15.2 Å². The molecule has 0 atom stereocenters. The second kappa shape index (κ2) is 8.64. The summed E-state index contributed by atoms with van der Waals surface area (Å²) in [5.74, 6) is 0.0128. The van der Waals surface area contributed by atoms with Crippen molar-refractivity contribution in [2.45, 2.75) is 39.5 Å². The lowest BCUT2D eigenvalue weighted by Crippen LogP contribution is -2.23. The molecule has 0 amide bonds. The van der Waals surface area contributed by atoms with E-state index in [-0.39, 0.29) is 30.8 Å². The third kappa shape index (κ3) is 5.36. The number of rotatable bonds is 4. The molecule has 5 nitrogen and oxygen atoms in total. The van der Waals surface area contributed by atoms with Gasteiger partial charge in [-0.1, -0.05) is 45.9 Å². The number of hydrogen-bond acceptors (Lipinski definition) is 5. The van der Waals surface area contributed by atoms with Gasteiger partial charge in [-0.2, -0.15) is 0 Å². The molecule has 1 aromatic rings. The molecule has 0 unspecified atom stereocenters. The molecule has 0 saturated carbocycles. The van der Waals surface area contributed by atoms with Gasteiger partial charge in [0.15, 0.2) is 0 Å². The van der Waals surface area contributed by atoms with Crippen LogP contribution < -0.4 is 10.5 Å². The van der Waals surface area contributed by atoms with Gasteiger partial charge in [0.1, 0.15) is 5.75 Å². The topological polar surface area (TPSA) is 78.6 Å². The minimum atomic E-state index is -1.05. The number of carbonyl (C=O) groups excluding carboxylic acids is 2. The van der Waals surface area contributed by atoms with Crippen LogP contribution >= 0.6 is 12.4 Å². The van der Waals surface area contributed by atoms with Crippen LogP contribution in [-0.4, -0.2) is 18.7 Å². The number of nitrogens with two attached hydrogens (primary N) is 1. The van der Waals surface area contributed by atoms with Gasteiger partial charge in [0, 0.05) is 0 Å². The highest BCUT2D eigenvalue weighted by Gasteiger charge is 2.20. The summed E-state index contributed by atoms with van der Waals surface area (Å²) in [6, 6.07) is 5.71. The first-order valence-electron chi connectivity index (χ1n) is 6.62. The number of para-hydroxylation sites is 1. The van der Waals surface area contributed by atoms with E-state index < -0.39 is 12.1 Å². The van der Waals surface area contributed by atoms with Gasteiger partial charge in [-0.15, -0.1) is 12.4 Å². The average molecular weight is 316 g/mol. The fraction of sp³-hybridized carbons (Fsp3) is 0.467. The molecule has 0 bridgehead atoms. The van der Waals surface area contributed by atoms with E-state index in [1.54, 1.807) is 0 Å². The highest BCUT2D eigenvalue weighted by molar-refractivity contribution is 5.85. The third-order valence-corrected chi connectivity index (χ3v) is 2.87. The molecule has 1 rings (SSSR count). The third-order valence-electron chi connectivity index (χ3n) is 2.87. The molecule has 0 aliphatic heterocycles. The number of ether oxygens (including phenoxy) is 2. The van der Waals surface area contributed by atoms with Crippen LogP contribution in [0.2, 0.25) is 0 Å². The van der Waals surface area contributed by atoms with Crippen molar-refractivity contribution in [3.8, 4) is 5.75 Å². The number of esters is 1. The van der Waals surface area contributed by atoms with Crippen molar-refractivity contribution in [3.63, 3.8) is 0 Å². The maximum absolute atomic E-state index is 11.6. The summed E-state index contributed by atoms with van der Waals surface area (Å²) in [5, 5.41) is 0. The molecule has 0 fully saturated rings. The normalized spacial score (nSPS) is 10.2. The Morgan fingerprint density at radius 1 is 1.10 bits per heavy atom. The first-order chi connectivity index (χ1) is 9.36. The highest BCUT2D eigenvalue weighted by Crippen LogP contribution is 2.34. The standard InChI is InChI=1S/C15H21NO4.ClH/c1-9(2)11-6-5-7-12(10(3)4)14(11)20-15(18)19-13(17)8-16;/h5-7,9-10H,8,16H2,1-4H3;1H. The van der Waals surface area contributed by atoms with Crippen molar-refractivity contribution in [3.05, 3.63) is 29.3 Å². The van der Waals surface area contributed by atoms with Crippen molar-refractivity contribution >= 4 is 24.5 Å². The highest BCUT2D eigenvalue weighted by atomic mass is 35.5. The predicted octanol–water partition coefficient (Wildman–Crippen LogP) is 3.36. The zero-order chi connectivity index (χ0) is 15.3. The number of hydrogen-bond donors (Lipinski definition) is 1. The summed E-state index contributed by atoms with van der Waals surface area (Å²) in [7, 11) is 0. The molecule has 6 heteroatoms. The van der Waals surface area contributed by atoms with Crippen LogP contribution in [0.4, 0.5) is 4.79 Å². The molecule has 1 aromatic carbocycles. The van der Waals surface area contributed by atoms with Crippen LogP contribution in [0, 0.1) is 0 Å². The fourth-order valence-electron chi connectivity index (χ4n) is 1.84. The Bertz CT molecular complexity index is 474. The van der Waals surface area contributed by atoms with Crippen LogP contribution in [-0.2, 0) is 9.53 Å². The van der Waals surface area contributed by atoms with Gasteiger partial charge in [-0.3, -0.25) is 4.79 Å². The second-order valence-corrected chi connectivity index (χ2v) is 5.11. The van der Waals surface area contributed by atoms with E-state index in [2.05, 4.69) is 4.74 Å². The first kappa shape index (κ1) is 19.4. The van der Waals surface area contributed by atoms with E-state index in [1.807, 2.05) is 45.9 Å².